The molecular formula is C23H30N2O. The van der Waals surface area contributed by atoms with Crippen molar-refractivity contribution in [3.63, 3.8) is 0 Å². The molecule has 0 amide bonds. The summed E-state index contributed by atoms with van der Waals surface area (Å²) in [6.07, 6.45) is 8.94. The van der Waals surface area contributed by atoms with Gasteiger partial charge in [-0.15, -0.1) is 0 Å². The summed E-state index contributed by atoms with van der Waals surface area (Å²) in [7, 11) is 0. The van der Waals surface area contributed by atoms with Crippen LogP contribution < -0.4 is 5.73 Å². The first-order chi connectivity index (χ1) is 12.3. The average molecular weight is 351 g/mol. The van der Waals surface area contributed by atoms with Crippen LogP contribution in [-0.2, 0) is 11.2 Å². The number of carbonyl (C=O) groups excluding carboxylic acids is 1. The minimum absolute atomic E-state index is 0.0423. The van der Waals surface area contributed by atoms with E-state index in [1.807, 2.05) is 12.1 Å². The normalized spacial score (nSPS) is 36.5. The number of Topliss-reactive ketones (excluding diaryl/α,β-unsaturated/α-hetero) is 1. The van der Waals surface area contributed by atoms with Gasteiger partial charge < -0.3 is 5.73 Å². The van der Waals surface area contributed by atoms with Crippen molar-refractivity contribution >= 4 is 17.2 Å². The van der Waals surface area contributed by atoms with Crippen LogP contribution in [0.4, 0.5) is 5.69 Å². The Morgan fingerprint density at radius 3 is 2.35 bits per heavy atom. The number of fused-ring (bicyclic) bond motifs is 1. The van der Waals surface area contributed by atoms with Crippen LogP contribution in [0.3, 0.4) is 0 Å². The molecule has 138 valence electrons. The third-order valence-electron chi connectivity index (χ3n) is 7.46. The number of aliphatic imine (C=N–C) groups is 1. The molecule has 4 aliphatic carbocycles. The molecule has 5 aliphatic rings. The Hall–Kier alpha value is -1.64. The van der Waals surface area contributed by atoms with Crippen molar-refractivity contribution < 1.29 is 4.79 Å². The van der Waals surface area contributed by atoms with Crippen molar-refractivity contribution in [2.45, 2.75) is 70.8 Å². The molecule has 0 unspecified atom stereocenters. The maximum Gasteiger partial charge on any atom is 0.145 e. The van der Waals surface area contributed by atoms with Crippen LogP contribution in [0.25, 0.3) is 0 Å². The van der Waals surface area contributed by atoms with Gasteiger partial charge in [-0.25, -0.2) is 0 Å². The fraction of sp³-hybridized carbons (Fsp3) is 0.652. The molecule has 0 spiro atoms. The summed E-state index contributed by atoms with van der Waals surface area (Å²) < 4.78 is 0. The van der Waals surface area contributed by atoms with Crippen LogP contribution in [0.15, 0.2) is 23.2 Å². The highest BCUT2D eigenvalue weighted by Crippen LogP contribution is 2.60. The molecule has 4 fully saturated rings. The van der Waals surface area contributed by atoms with Crippen LogP contribution in [0.2, 0.25) is 0 Å². The number of carbonyl (C=O) groups is 1. The lowest BCUT2D eigenvalue weighted by molar-refractivity contribution is -0.142. The van der Waals surface area contributed by atoms with Crippen molar-refractivity contribution in [3.05, 3.63) is 29.3 Å². The van der Waals surface area contributed by atoms with E-state index in [0.29, 0.717) is 12.2 Å². The molecule has 1 aromatic rings. The van der Waals surface area contributed by atoms with Crippen LogP contribution in [0.5, 0.6) is 0 Å². The van der Waals surface area contributed by atoms with Crippen LogP contribution in [0, 0.1) is 23.2 Å². The number of nitrogen functional groups attached to an aromatic ring is 1. The third-order valence-corrected chi connectivity index (χ3v) is 7.46. The largest absolute Gasteiger partial charge is 0.399 e. The van der Waals surface area contributed by atoms with Crippen molar-refractivity contribution in [3.8, 4) is 0 Å². The van der Waals surface area contributed by atoms with E-state index in [0.717, 1.165) is 60.4 Å². The van der Waals surface area contributed by atoms with Crippen molar-refractivity contribution in [2.24, 2.45) is 28.2 Å². The van der Waals surface area contributed by atoms with Crippen molar-refractivity contribution in [1.29, 1.82) is 0 Å². The molecule has 1 aromatic carbocycles. The van der Waals surface area contributed by atoms with Gasteiger partial charge in [-0.1, -0.05) is 6.07 Å². The highest BCUT2D eigenvalue weighted by atomic mass is 16.1. The van der Waals surface area contributed by atoms with Gasteiger partial charge in [0.1, 0.15) is 5.78 Å². The molecule has 4 bridgehead atoms. The zero-order valence-electron chi connectivity index (χ0n) is 16.1. The van der Waals surface area contributed by atoms with Gasteiger partial charge >= 0.3 is 0 Å². The number of benzene rings is 1. The van der Waals surface area contributed by atoms with Crippen LogP contribution in [-0.4, -0.2) is 17.0 Å². The summed E-state index contributed by atoms with van der Waals surface area (Å²) in [5.41, 5.74) is 10.0. The first kappa shape index (κ1) is 16.5. The van der Waals surface area contributed by atoms with Gasteiger partial charge in [-0.3, -0.25) is 9.79 Å². The number of ketones is 1. The molecule has 0 atom stereocenters. The molecule has 26 heavy (non-hydrogen) atoms. The van der Waals surface area contributed by atoms with Gasteiger partial charge in [0, 0.05) is 23.1 Å². The van der Waals surface area contributed by atoms with Gasteiger partial charge in [0.2, 0.25) is 0 Å². The molecule has 3 heteroatoms. The highest BCUT2D eigenvalue weighted by Gasteiger charge is 2.54. The third kappa shape index (κ3) is 2.62. The van der Waals surface area contributed by atoms with E-state index in [2.05, 4.69) is 19.9 Å². The molecule has 2 N–H and O–H groups in total. The Balaban J connectivity index is 1.46. The topological polar surface area (TPSA) is 55.5 Å². The second-order valence-corrected chi connectivity index (χ2v) is 10.3. The molecule has 6 rings (SSSR count). The Morgan fingerprint density at radius 2 is 1.73 bits per heavy atom. The number of anilines is 1. The minimum Gasteiger partial charge on any atom is -0.399 e. The second kappa shape index (κ2) is 5.43. The molecule has 1 aliphatic heterocycles. The maximum atomic E-state index is 13.6. The lowest BCUT2D eigenvalue weighted by atomic mass is 9.48. The molecule has 0 aromatic heterocycles. The fourth-order valence-corrected chi connectivity index (χ4v) is 6.87. The van der Waals surface area contributed by atoms with E-state index < -0.39 is 0 Å². The number of rotatable bonds is 3. The Bertz CT molecular complexity index is 769. The first-order valence-corrected chi connectivity index (χ1v) is 10.3. The fourth-order valence-electron chi connectivity index (χ4n) is 6.87. The first-order valence-electron chi connectivity index (χ1n) is 10.3. The molecule has 0 saturated heterocycles. The quantitative estimate of drug-likeness (QED) is 0.812. The van der Waals surface area contributed by atoms with Gasteiger partial charge in [0.15, 0.2) is 0 Å². The summed E-state index contributed by atoms with van der Waals surface area (Å²) in [5.74, 6) is 2.87. The molecule has 0 radical (unpaired) electrons. The van der Waals surface area contributed by atoms with E-state index in [1.165, 1.54) is 24.8 Å². The molecule has 3 nitrogen and oxygen atoms in total. The second-order valence-electron chi connectivity index (χ2n) is 10.3. The summed E-state index contributed by atoms with van der Waals surface area (Å²) in [5, 5.41) is 0. The Morgan fingerprint density at radius 1 is 1.12 bits per heavy atom. The Labute approximate surface area is 156 Å². The van der Waals surface area contributed by atoms with E-state index >= 15 is 0 Å². The number of hydrogen-bond acceptors (Lipinski definition) is 3. The predicted octanol–water partition coefficient (Wildman–Crippen LogP) is 4.57. The molecule has 4 saturated carbocycles. The summed E-state index contributed by atoms with van der Waals surface area (Å²) >= 11 is 0. The van der Waals surface area contributed by atoms with Crippen molar-refractivity contribution in [2.75, 3.05) is 5.73 Å². The summed E-state index contributed by atoms with van der Waals surface area (Å²) in [4.78, 5) is 18.6. The van der Waals surface area contributed by atoms with E-state index in [9.17, 15) is 4.79 Å². The van der Waals surface area contributed by atoms with Gasteiger partial charge in [-0.05, 0) is 94.2 Å². The zero-order valence-corrected chi connectivity index (χ0v) is 16.1. The zero-order chi connectivity index (χ0) is 18.1. The van der Waals surface area contributed by atoms with E-state index in [4.69, 9.17) is 10.7 Å². The van der Waals surface area contributed by atoms with Crippen molar-refractivity contribution in [1.82, 2.24) is 0 Å². The van der Waals surface area contributed by atoms with Gasteiger partial charge in [0.25, 0.3) is 0 Å². The SMILES string of the molecule is CC1(C)Cc2ccc(N)cc2C(CC(=O)C23CC4CC(CC(C4)C2)C3)=N1. The number of nitrogens with zero attached hydrogens (tertiary/aromatic N) is 1. The number of nitrogens with two attached hydrogens (primary N) is 1. The standard InChI is InChI=1S/C23H30N2O/c1-22(2)13-17-3-4-18(24)8-19(17)20(25-22)9-21(26)23-10-14-5-15(11-23)7-16(6-14)12-23/h3-4,8,14-16H,5-7,9-13,24H2,1-2H3. The summed E-state index contributed by atoms with van der Waals surface area (Å²) in [6, 6.07) is 6.12. The highest BCUT2D eigenvalue weighted by molar-refractivity contribution is 6.14. The molecular weight excluding hydrogens is 320 g/mol. The van der Waals surface area contributed by atoms with Crippen LogP contribution >= 0.6 is 0 Å². The maximum absolute atomic E-state index is 13.6. The smallest absolute Gasteiger partial charge is 0.145 e. The average Bonchev–Trinajstić information content (AvgIpc) is 2.53. The van der Waals surface area contributed by atoms with Crippen LogP contribution in [0.1, 0.15) is 69.9 Å². The molecule has 1 heterocycles. The predicted molar refractivity (Wildman–Crippen MR) is 105 cm³/mol. The monoisotopic (exact) mass is 350 g/mol. The number of hydrogen-bond donors (Lipinski definition) is 1. The van der Waals surface area contributed by atoms with Gasteiger partial charge in [0.05, 0.1) is 11.3 Å². The minimum atomic E-state index is -0.139. The lowest BCUT2D eigenvalue weighted by Gasteiger charge is -2.56. The Kier molecular flexibility index (Phi) is 3.45. The van der Waals surface area contributed by atoms with E-state index in [1.54, 1.807) is 0 Å². The summed E-state index contributed by atoms with van der Waals surface area (Å²) in [6.45, 7) is 4.34. The van der Waals surface area contributed by atoms with Gasteiger partial charge in [-0.2, -0.15) is 0 Å². The lowest BCUT2D eigenvalue weighted by Crippen LogP contribution is -2.50. The van der Waals surface area contributed by atoms with E-state index in [-0.39, 0.29) is 11.0 Å².